The van der Waals surface area contributed by atoms with Crippen LogP contribution in [0, 0.1) is 5.92 Å². The third-order valence-corrected chi connectivity index (χ3v) is 3.51. The summed E-state index contributed by atoms with van der Waals surface area (Å²) < 4.78 is 1.81. The van der Waals surface area contributed by atoms with Crippen LogP contribution in [0.2, 0.25) is 0 Å². The third-order valence-electron chi connectivity index (χ3n) is 3.51. The molecule has 1 aliphatic rings. The molecule has 0 aliphatic carbocycles. The summed E-state index contributed by atoms with van der Waals surface area (Å²) in [5.74, 6) is -0.0721. The molecule has 0 radical (unpaired) electrons. The minimum Gasteiger partial charge on any atom is -0.344 e. The van der Waals surface area contributed by atoms with Gasteiger partial charge in [-0.15, -0.1) is 0 Å². The normalized spacial score (nSPS) is 20.5. The summed E-state index contributed by atoms with van der Waals surface area (Å²) >= 11 is 0. The zero-order valence-corrected chi connectivity index (χ0v) is 12.5. The number of carbonyl (C=O) groups excluding carboxylic acids is 2. The van der Waals surface area contributed by atoms with E-state index >= 15 is 0 Å². The van der Waals surface area contributed by atoms with E-state index in [2.05, 4.69) is 10.4 Å². The maximum absolute atomic E-state index is 12.6. The van der Waals surface area contributed by atoms with E-state index in [1.807, 2.05) is 38.6 Å². The van der Waals surface area contributed by atoms with Crippen molar-refractivity contribution in [3.05, 3.63) is 12.4 Å². The average molecular weight is 278 g/mol. The largest absolute Gasteiger partial charge is 0.344 e. The van der Waals surface area contributed by atoms with Crippen molar-refractivity contribution in [2.45, 2.75) is 46.2 Å². The fraction of sp³-hybridized carbons (Fsp3) is 0.643. The van der Waals surface area contributed by atoms with Gasteiger partial charge in [0.1, 0.15) is 6.04 Å². The zero-order chi connectivity index (χ0) is 14.9. The molecule has 20 heavy (non-hydrogen) atoms. The second kappa shape index (κ2) is 5.64. The van der Waals surface area contributed by atoms with Crippen molar-refractivity contribution in [1.29, 1.82) is 0 Å². The molecule has 2 heterocycles. The Morgan fingerprint density at radius 1 is 1.30 bits per heavy atom. The van der Waals surface area contributed by atoms with Gasteiger partial charge < -0.3 is 10.2 Å². The van der Waals surface area contributed by atoms with Crippen LogP contribution < -0.4 is 10.2 Å². The number of hydrogen-bond acceptors (Lipinski definition) is 3. The number of hydrogen-bond donors (Lipinski definition) is 1. The SMILES string of the molecule is CC(C)C1NC(=O)CCN(c2cnn(C(C)C)c2)C1=O. The molecule has 1 fully saturated rings. The Morgan fingerprint density at radius 2 is 2.00 bits per heavy atom. The number of nitrogens with one attached hydrogen (secondary N) is 1. The topological polar surface area (TPSA) is 67.2 Å². The van der Waals surface area contributed by atoms with Crippen molar-refractivity contribution in [3.8, 4) is 0 Å². The minimum atomic E-state index is -0.465. The molecule has 0 spiro atoms. The van der Waals surface area contributed by atoms with Crippen LogP contribution in [0.25, 0.3) is 0 Å². The van der Waals surface area contributed by atoms with Crippen molar-refractivity contribution in [2.75, 3.05) is 11.4 Å². The first-order valence-corrected chi connectivity index (χ1v) is 7.05. The number of carbonyl (C=O) groups is 2. The van der Waals surface area contributed by atoms with Gasteiger partial charge in [-0.2, -0.15) is 5.10 Å². The van der Waals surface area contributed by atoms with Gasteiger partial charge in [0, 0.05) is 25.2 Å². The molecule has 1 aromatic rings. The highest BCUT2D eigenvalue weighted by atomic mass is 16.2. The van der Waals surface area contributed by atoms with Gasteiger partial charge in [0.2, 0.25) is 11.8 Å². The number of aromatic nitrogens is 2. The molecule has 0 aromatic carbocycles. The van der Waals surface area contributed by atoms with Crippen LogP contribution in [0.15, 0.2) is 12.4 Å². The predicted octanol–water partition coefficient (Wildman–Crippen LogP) is 1.34. The van der Waals surface area contributed by atoms with Gasteiger partial charge in [-0.3, -0.25) is 14.3 Å². The van der Waals surface area contributed by atoms with Crippen molar-refractivity contribution in [2.24, 2.45) is 5.92 Å². The maximum atomic E-state index is 12.6. The van der Waals surface area contributed by atoms with Crippen molar-refractivity contribution in [3.63, 3.8) is 0 Å². The molecule has 2 rings (SSSR count). The van der Waals surface area contributed by atoms with Crippen LogP contribution in [-0.2, 0) is 9.59 Å². The molecule has 0 bridgehead atoms. The van der Waals surface area contributed by atoms with Gasteiger partial charge in [0.15, 0.2) is 0 Å². The predicted molar refractivity (Wildman–Crippen MR) is 76.4 cm³/mol. The molecule has 6 nitrogen and oxygen atoms in total. The number of nitrogens with zero attached hydrogens (tertiary/aromatic N) is 3. The van der Waals surface area contributed by atoms with Gasteiger partial charge in [0.05, 0.1) is 11.9 Å². The summed E-state index contributed by atoms with van der Waals surface area (Å²) in [6, 6.07) is -0.223. The maximum Gasteiger partial charge on any atom is 0.249 e. The Bertz CT molecular complexity index is 507. The number of rotatable bonds is 3. The molecule has 1 unspecified atom stereocenters. The smallest absolute Gasteiger partial charge is 0.249 e. The van der Waals surface area contributed by atoms with Crippen molar-refractivity contribution < 1.29 is 9.59 Å². The highest BCUT2D eigenvalue weighted by molar-refractivity contribution is 6.01. The molecule has 2 amide bonds. The molecule has 1 atom stereocenters. The summed E-state index contributed by atoms with van der Waals surface area (Å²) in [4.78, 5) is 26.0. The molecule has 1 aromatic heterocycles. The van der Waals surface area contributed by atoms with Crippen LogP contribution >= 0.6 is 0 Å². The lowest BCUT2D eigenvalue weighted by atomic mass is 10.0. The fourth-order valence-electron chi connectivity index (χ4n) is 2.26. The van der Waals surface area contributed by atoms with E-state index in [0.717, 1.165) is 5.69 Å². The molecule has 1 saturated heterocycles. The summed E-state index contributed by atoms with van der Waals surface area (Å²) in [6.07, 6.45) is 3.86. The van der Waals surface area contributed by atoms with E-state index in [-0.39, 0.29) is 23.8 Å². The van der Waals surface area contributed by atoms with E-state index in [1.165, 1.54) is 0 Å². The number of anilines is 1. The molecule has 1 N–H and O–H groups in total. The molecule has 6 heteroatoms. The lowest BCUT2D eigenvalue weighted by molar-refractivity contribution is -0.126. The highest BCUT2D eigenvalue weighted by Crippen LogP contribution is 2.20. The van der Waals surface area contributed by atoms with Gasteiger partial charge in [-0.1, -0.05) is 13.8 Å². The molecule has 1 aliphatic heterocycles. The lowest BCUT2D eigenvalue weighted by Gasteiger charge is -2.24. The summed E-state index contributed by atoms with van der Waals surface area (Å²) in [7, 11) is 0. The van der Waals surface area contributed by atoms with Crippen LogP contribution in [0.1, 0.15) is 40.2 Å². The standard InChI is InChI=1S/C14H22N4O2/c1-9(2)13-14(20)17(6-5-12(19)16-13)11-7-15-18(8-11)10(3)4/h7-10,13H,5-6H2,1-4H3,(H,16,19). The Balaban J connectivity index is 2.28. The van der Waals surface area contributed by atoms with Gasteiger partial charge in [0.25, 0.3) is 0 Å². The van der Waals surface area contributed by atoms with Crippen LogP contribution in [-0.4, -0.2) is 34.2 Å². The summed E-state index contributed by atoms with van der Waals surface area (Å²) in [6.45, 7) is 8.33. The zero-order valence-electron chi connectivity index (χ0n) is 12.5. The third kappa shape index (κ3) is 2.84. The first-order valence-electron chi connectivity index (χ1n) is 7.05. The van der Waals surface area contributed by atoms with E-state index in [1.54, 1.807) is 11.1 Å². The monoisotopic (exact) mass is 278 g/mol. The van der Waals surface area contributed by atoms with E-state index in [9.17, 15) is 9.59 Å². The van der Waals surface area contributed by atoms with Crippen LogP contribution in [0.4, 0.5) is 5.69 Å². The van der Waals surface area contributed by atoms with Crippen LogP contribution in [0.5, 0.6) is 0 Å². The highest BCUT2D eigenvalue weighted by Gasteiger charge is 2.33. The quantitative estimate of drug-likeness (QED) is 0.907. The first kappa shape index (κ1) is 14.6. The summed E-state index contributed by atoms with van der Waals surface area (Å²) in [5, 5.41) is 7.06. The lowest BCUT2D eigenvalue weighted by Crippen LogP contribution is -2.47. The molecular weight excluding hydrogens is 256 g/mol. The molecule has 110 valence electrons. The van der Waals surface area contributed by atoms with Crippen molar-refractivity contribution in [1.82, 2.24) is 15.1 Å². The fourth-order valence-corrected chi connectivity index (χ4v) is 2.26. The van der Waals surface area contributed by atoms with E-state index in [0.29, 0.717) is 13.0 Å². The van der Waals surface area contributed by atoms with E-state index in [4.69, 9.17) is 0 Å². The second-order valence-corrected chi connectivity index (χ2v) is 5.80. The Labute approximate surface area is 119 Å². The molecule has 0 saturated carbocycles. The van der Waals surface area contributed by atoms with Crippen LogP contribution in [0.3, 0.4) is 0 Å². The summed E-state index contributed by atoms with van der Waals surface area (Å²) in [5.41, 5.74) is 0.755. The Hall–Kier alpha value is -1.85. The first-order chi connectivity index (χ1) is 9.40. The van der Waals surface area contributed by atoms with E-state index < -0.39 is 6.04 Å². The molecular formula is C14H22N4O2. The number of amides is 2. The van der Waals surface area contributed by atoms with Gasteiger partial charge in [-0.25, -0.2) is 0 Å². The van der Waals surface area contributed by atoms with Crippen molar-refractivity contribution >= 4 is 17.5 Å². The second-order valence-electron chi connectivity index (χ2n) is 5.80. The van der Waals surface area contributed by atoms with Gasteiger partial charge in [-0.05, 0) is 19.8 Å². The average Bonchev–Trinajstić information content (AvgIpc) is 2.79. The Morgan fingerprint density at radius 3 is 2.55 bits per heavy atom. The minimum absolute atomic E-state index is 0.0610. The van der Waals surface area contributed by atoms with Gasteiger partial charge >= 0.3 is 0 Å². The Kier molecular flexibility index (Phi) is 4.11.